The number of rotatable bonds is 6. The van der Waals surface area contributed by atoms with Crippen LogP contribution in [0.15, 0.2) is 0 Å². The topological polar surface area (TPSA) is 58.2 Å². The predicted molar refractivity (Wildman–Crippen MR) is 78.5 cm³/mol. The molecular formula is C14H28N2O2S. The second-order valence-corrected chi connectivity index (χ2v) is 9.16. The highest BCUT2D eigenvalue weighted by Crippen LogP contribution is 2.62. The van der Waals surface area contributed by atoms with E-state index in [9.17, 15) is 8.42 Å². The van der Waals surface area contributed by atoms with E-state index in [4.69, 9.17) is 0 Å². The number of nitrogens with one attached hydrogen (secondary N) is 2. The number of hydrogen-bond donors (Lipinski definition) is 2. The molecule has 0 radical (unpaired) electrons. The molecule has 2 bridgehead atoms. The van der Waals surface area contributed by atoms with Crippen molar-refractivity contribution in [1.29, 1.82) is 0 Å². The van der Waals surface area contributed by atoms with Gasteiger partial charge in [-0.2, -0.15) is 0 Å². The summed E-state index contributed by atoms with van der Waals surface area (Å²) in [7, 11) is -3.04. The van der Waals surface area contributed by atoms with Gasteiger partial charge in [0.25, 0.3) is 0 Å². The van der Waals surface area contributed by atoms with Crippen molar-refractivity contribution in [3.8, 4) is 0 Å². The first-order valence-corrected chi connectivity index (χ1v) is 9.22. The Balaban J connectivity index is 1.80. The normalized spacial score (nSPS) is 36.8. The molecule has 5 heteroatoms. The standard InChI is InChI=1S/C14H28N2O2S/c1-13(2)11-6-7-14(3,10-11)12(13)15-8-5-9-16-19(4,17)18/h11-12,15-16H,5-10H2,1-4H3. The number of fused-ring (bicyclic) bond motifs is 2. The van der Waals surface area contributed by atoms with Gasteiger partial charge in [0.15, 0.2) is 0 Å². The van der Waals surface area contributed by atoms with E-state index in [1.165, 1.54) is 25.5 Å². The van der Waals surface area contributed by atoms with E-state index >= 15 is 0 Å². The third-order valence-electron chi connectivity index (χ3n) is 5.34. The van der Waals surface area contributed by atoms with Crippen LogP contribution in [0.1, 0.15) is 46.5 Å². The quantitative estimate of drug-likeness (QED) is 0.732. The van der Waals surface area contributed by atoms with Gasteiger partial charge in [0.2, 0.25) is 10.0 Å². The minimum atomic E-state index is -3.04. The van der Waals surface area contributed by atoms with E-state index in [0.29, 0.717) is 23.4 Å². The molecule has 0 aliphatic heterocycles. The molecule has 0 amide bonds. The molecule has 0 aromatic carbocycles. The van der Waals surface area contributed by atoms with Crippen molar-refractivity contribution in [2.75, 3.05) is 19.3 Å². The summed E-state index contributed by atoms with van der Waals surface area (Å²) in [5.41, 5.74) is 0.815. The first-order chi connectivity index (χ1) is 8.65. The zero-order chi connectivity index (χ0) is 14.3. The van der Waals surface area contributed by atoms with Crippen LogP contribution in [-0.4, -0.2) is 33.8 Å². The molecule has 2 aliphatic carbocycles. The predicted octanol–water partition coefficient (Wildman–Crippen LogP) is 1.73. The Labute approximate surface area is 117 Å². The Kier molecular flexibility index (Phi) is 4.02. The van der Waals surface area contributed by atoms with E-state index < -0.39 is 10.0 Å². The van der Waals surface area contributed by atoms with Gasteiger partial charge in [-0.25, -0.2) is 13.1 Å². The lowest BCUT2D eigenvalue weighted by atomic mass is 9.68. The average Bonchev–Trinajstić information content (AvgIpc) is 2.71. The smallest absolute Gasteiger partial charge is 0.208 e. The maximum absolute atomic E-state index is 11.0. The van der Waals surface area contributed by atoms with Crippen LogP contribution in [0.25, 0.3) is 0 Å². The lowest BCUT2D eigenvalue weighted by Gasteiger charge is -2.43. The summed E-state index contributed by atoms with van der Waals surface area (Å²) < 4.78 is 24.5. The molecule has 2 fully saturated rings. The summed E-state index contributed by atoms with van der Waals surface area (Å²) in [5.74, 6) is 0.851. The molecule has 112 valence electrons. The highest BCUT2D eigenvalue weighted by Gasteiger charge is 2.58. The van der Waals surface area contributed by atoms with Gasteiger partial charge in [0.1, 0.15) is 0 Å². The second kappa shape index (κ2) is 5.01. The van der Waals surface area contributed by atoms with Gasteiger partial charge in [0, 0.05) is 12.6 Å². The fourth-order valence-electron chi connectivity index (χ4n) is 4.40. The molecular weight excluding hydrogens is 260 g/mol. The van der Waals surface area contributed by atoms with Crippen molar-refractivity contribution < 1.29 is 8.42 Å². The van der Waals surface area contributed by atoms with Gasteiger partial charge in [-0.05, 0) is 49.0 Å². The van der Waals surface area contributed by atoms with Crippen LogP contribution in [0, 0.1) is 16.7 Å². The largest absolute Gasteiger partial charge is 0.313 e. The molecule has 2 N–H and O–H groups in total. The summed E-state index contributed by atoms with van der Waals surface area (Å²) in [6, 6.07) is 0.567. The SMILES string of the molecule is CC12CCC(C1)C(C)(C)C2NCCCNS(C)(=O)=O. The van der Waals surface area contributed by atoms with Crippen molar-refractivity contribution in [1.82, 2.24) is 10.0 Å². The average molecular weight is 288 g/mol. The van der Waals surface area contributed by atoms with E-state index in [1.807, 2.05) is 0 Å². The Hall–Kier alpha value is -0.130. The summed E-state index contributed by atoms with van der Waals surface area (Å²) >= 11 is 0. The number of hydrogen-bond acceptors (Lipinski definition) is 3. The minimum absolute atomic E-state index is 0.372. The lowest BCUT2D eigenvalue weighted by Crippen LogP contribution is -2.50. The zero-order valence-electron chi connectivity index (χ0n) is 12.6. The van der Waals surface area contributed by atoms with Crippen LogP contribution >= 0.6 is 0 Å². The molecule has 2 saturated carbocycles. The van der Waals surface area contributed by atoms with Crippen molar-refractivity contribution in [2.24, 2.45) is 16.7 Å². The third-order valence-corrected chi connectivity index (χ3v) is 6.06. The Morgan fingerprint density at radius 1 is 1.21 bits per heavy atom. The van der Waals surface area contributed by atoms with Gasteiger partial charge >= 0.3 is 0 Å². The van der Waals surface area contributed by atoms with E-state index in [0.717, 1.165) is 18.9 Å². The van der Waals surface area contributed by atoms with Crippen molar-refractivity contribution in [2.45, 2.75) is 52.5 Å². The fourth-order valence-corrected chi connectivity index (χ4v) is 4.92. The van der Waals surface area contributed by atoms with Gasteiger partial charge in [-0.15, -0.1) is 0 Å². The molecule has 2 rings (SSSR count). The van der Waals surface area contributed by atoms with Crippen LogP contribution in [0.5, 0.6) is 0 Å². The molecule has 3 atom stereocenters. The first kappa shape index (κ1) is 15.3. The summed E-state index contributed by atoms with van der Waals surface area (Å²) in [5, 5.41) is 3.70. The van der Waals surface area contributed by atoms with Gasteiger partial charge in [0.05, 0.1) is 6.26 Å². The number of sulfonamides is 1. The van der Waals surface area contributed by atoms with Gasteiger partial charge in [-0.3, -0.25) is 0 Å². The molecule has 0 saturated heterocycles. The van der Waals surface area contributed by atoms with E-state index in [-0.39, 0.29) is 0 Å². The van der Waals surface area contributed by atoms with Crippen LogP contribution < -0.4 is 10.0 Å². The highest BCUT2D eigenvalue weighted by molar-refractivity contribution is 7.88. The molecule has 19 heavy (non-hydrogen) atoms. The second-order valence-electron chi connectivity index (χ2n) is 7.32. The van der Waals surface area contributed by atoms with E-state index in [2.05, 4.69) is 30.8 Å². The maximum Gasteiger partial charge on any atom is 0.208 e. The van der Waals surface area contributed by atoms with Crippen molar-refractivity contribution >= 4 is 10.0 Å². The third kappa shape index (κ3) is 3.14. The summed E-state index contributed by atoms with van der Waals surface area (Å²) in [4.78, 5) is 0. The highest BCUT2D eigenvalue weighted by atomic mass is 32.2. The first-order valence-electron chi connectivity index (χ1n) is 7.33. The molecule has 3 unspecified atom stereocenters. The van der Waals surface area contributed by atoms with Gasteiger partial charge in [-0.1, -0.05) is 20.8 Å². The van der Waals surface area contributed by atoms with E-state index in [1.54, 1.807) is 0 Å². The summed E-state index contributed by atoms with van der Waals surface area (Å²) in [6.45, 7) is 8.59. The van der Waals surface area contributed by atoms with Crippen LogP contribution in [0.2, 0.25) is 0 Å². The Bertz CT molecular complexity index is 428. The maximum atomic E-state index is 11.0. The zero-order valence-corrected chi connectivity index (χ0v) is 13.4. The lowest BCUT2D eigenvalue weighted by molar-refractivity contribution is 0.109. The molecule has 0 spiro atoms. The van der Waals surface area contributed by atoms with Crippen molar-refractivity contribution in [3.63, 3.8) is 0 Å². The minimum Gasteiger partial charge on any atom is -0.313 e. The monoisotopic (exact) mass is 288 g/mol. The molecule has 4 nitrogen and oxygen atoms in total. The molecule has 0 aromatic heterocycles. The van der Waals surface area contributed by atoms with Gasteiger partial charge < -0.3 is 5.32 Å². The van der Waals surface area contributed by atoms with Crippen LogP contribution in [0.4, 0.5) is 0 Å². The van der Waals surface area contributed by atoms with Crippen molar-refractivity contribution in [3.05, 3.63) is 0 Å². The van der Waals surface area contributed by atoms with Crippen LogP contribution in [-0.2, 0) is 10.0 Å². The summed E-state index contributed by atoms with van der Waals surface area (Å²) in [6.07, 6.45) is 6.11. The van der Waals surface area contributed by atoms with Crippen LogP contribution in [0.3, 0.4) is 0 Å². The molecule has 2 aliphatic rings. The Morgan fingerprint density at radius 2 is 1.89 bits per heavy atom. The Morgan fingerprint density at radius 3 is 2.42 bits per heavy atom. The fraction of sp³-hybridized carbons (Fsp3) is 1.00. The molecule has 0 aromatic rings. The molecule has 0 heterocycles.